The molecule has 0 fully saturated rings. The highest BCUT2D eigenvalue weighted by molar-refractivity contribution is 7.99. The summed E-state index contributed by atoms with van der Waals surface area (Å²) in [6.07, 6.45) is 2.44. The van der Waals surface area contributed by atoms with Crippen LogP contribution in [0.25, 0.3) is 10.8 Å². The van der Waals surface area contributed by atoms with Gasteiger partial charge in [-0.05, 0) is 47.5 Å². The van der Waals surface area contributed by atoms with Crippen LogP contribution in [0.3, 0.4) is 0 Å². The summed E-state index contributed by atoms with van der Waals surface area (Å²) in [6, 6.07) is 21.4. The van der Waals surface area contributed by atoms with Gasteiger partial charge in [-0.25, -0.2) is 0 Å². The minimum absolute atomic E-state index is 0.00992. The summed E-state index contributed by atoms with van der Waals surface area (Å²) in [5, 5.41) is 14.6. The normalized spacial score (nSPS) is 10.8. The molecule has 7 heteroatoms. The van der Waals surface area contributed by atoms with Crippen LogP contribution < -0.4 is 5.32 Å². The van der Waals surface area contributed by atoms with Gasteiger partial charge in [0.25, 0.3) is 0 Å². The smallest absolute Gasteiger partial charge is 0.234 e. The Labute approximate surface area is 196 Å². The second-order valence-corrected chi connectivity index (χ2v) is 8.53. The summed E-state index contributed by atoms with van der Waals surface area (Å²) in [4.78, 5) is 23.8. The van der Waals surface area contributed by atoms with E-state index in [2.05, 4.69) is 52.4 Å². The van der Waals surface area contributed by atoms with Crippen molar-refractivity contribution >= 4 is 39.9 Å². The molecule has 6 nitrogen and oxygen atoms in total. The SMILES string of the molecule is C=CCn1c(Cc2cccc3ccccc23)nnc1SCC(=O)Nc1ccc(C(C)=O)cc1. The average Bonchev–Trinajstić information content (AvgIpc) is 3.20. The molecule has 1 heterocycles. The monoisotopic (exact) mass is 456 g/mol. The lowest BCUT2D eigenvalue weighted by Crippen LogP contribution is -2.15. The lowest BCUT2D eigenvalue weighted by atomic mass is 10.0. The second kappa shape index (κ2) is 10.3. The lowest BCUT2D eigenvalue weighted by molar-refractivity contribution is -0.113. The number of hydrogen-bond donors (Lipinski definition) is 1. The van der Waals surface area contributed by atoms with E-state index in [1.165, 1.54) is 35.0 Å². The van der Waals surface area contributed by atoms with Crippen molar-refractivity contribution in [2.24, 2.45) is 0 Å². The molecule has 1 N–H and O–H groups in total. The van der Waals surface area contributed by atoms with E-state index in [1.807, 2.05) is 16.7 Å². The number of fused-ring (bicyclic) bond motifs is 1. The molecule has 33 heavy (non-hydrogen) atoms. The van der Waals surface area contributed by atoms with Crippen LogP contribution in [-0.4, -0.2) is 32.2 Å². The van der Waals surface area contributed by atoms with Crippen LogP contribution in [0.1, 0.15) is 28.7 Å². The molecule has 166 valence electrons. The van der Waals surface area contributed by atoms with E-state index >= 15 is 0 Å². The number of nitrogens with zero attached hydrogens (tertiary/aromatic N) is 3. The number of amides is 1. The highest BCUT2D eigenvalue weighted by Crippen LogP contribution is 2.23. The third-order valence-corrected chi connectivity index (χ3v) is 6.21. The first kappa shape index (κ1) is 22.5. The molecule has 0 radical (unpaired) electrons. The number of nitrogens with one attached hydrogen (secondary N) is 1. The molecule has 0 bridgehead atoms. The van der Waals surface area contributed by atoms with Gasteiger partial charge in [-0.2, -0.15) is 0 Å². The molecule has 1 amide bonds. The molecule has 1 aromatic heterocycles. The predicted molar refractivity (Wildman–Crippen MR) is 133 cm³/mol. The number of hydrogen-bond acceptors (Lipinski definition) is 5. The van der Waals surface area contributed by atoms with Gasteiger partial charge < -0.3 is 9.88 Å². The summed E-state index contributed by atoms with van der Waals surface area (Å²) in [6.45, 7) is 5.93. The zero-order chi connectivity index (χ0) is 23.2. The molecule has 0 saturated heterocycles. The fraction of sp³-hybridized carbons (Fsp3) is 0.154. The number of rotatable bonds is 9. The number of thioether (sulfide) groups is 1. The standard InChI is InChI=1S/C26H24N4O2S/c1-3-15-30-24(16-21-9-6-8-20-7-4-5-10-23(20)21)28-29-26(30)33-17-25(32)27-22-13-11-19(12-14-22)18(2)31/h3-14H,1,15-17H2,2H3,(H,27,32). The third kappa shape index (κ3) is 5.38. The first-order valence-corrected chi connectivity index (χ1v) is 11.6. The number of anilines is 1. The topological polar surface area (TPSA) is 76.9 Å². The number of ketones is 1. The van der Waals surface area contributed by atoms with Crippen molar-refractivity contribution in [3.05, 3.63) is 96.3 Å². The molecule has 0 spiro atoms. The second-order valence-electron chi connectivity index (χ2n) is 7.58. The van der Waals surface area contributed by atoms with E-state index in [9.17, 15) is 9.59 Å². The Morgan fingerprint density at radius 2 is 1.79 bits per heavy atom. The van der Waals surface area contributed by atoms with Gasteiger partial charge in [0.1, 0.15) is 5.82 Å². The fourth-order valence-electron chi connectivity index (χ4n) is 3.60. The Morgan fingerprint density at radius 1 is 1.03 bits per heavy atom. The van der Waals surface area contributed by atoms with Crippen molar-refractivity contribution in [3.63, 3.8) is 0 Å². The van der Waals surface area contributed by atoms with E-state index in [1.54, 1.807) is 30.3 Å². The number of allylic oxidation sites excluding steroid dienone is 1. The van der Waals surface area contributed by atoms with Crippen LogP contribution in [-0.2, 0) is 17.8 Å². The van der Waals surface area contributed by atoms with Gasteiger partial charge in [0.05, 0.1) is 5.75 Å². The van der Waals surface area contributed by atoms with Crippen LogP contribution in [0.5, 0.6) is 0 Å². The number of benzene rings is 3. The minimum atomic E-state index is -0.153. The van der Waals surface area contributed by atoms with Gasteiger partial charge in [-0.1, -0.05) is 60.3 Å². The summed E-state index contributed by atoms with van der Waals surface area (Å²) >= 11 is 1.33. The number of aromatic nitrogens is 3. The zero-order valence-corrected chi connectivity index (χ0v) is 19.1. The fourth-order valence-corrected chi connectivity index (χ4v) is 4.37. The van der Waals surface area contributed by atoms with E-state index < -0.39 is 0 Å². The highest BCUT2D eigenvalue weighted by atomic mass is 32.2. The van der Waals surface area contributed by atoms with Crippen molar-refractivity contribution in [2.45, 2.75) is 25.0 Å². The average molecular weight is 457 g/mol. The van der Waals surface area contributed by atoms with Gasteiger partial charge in [0.15, 0.2) is 10.9 Å². The molecule has 0 aliphatic rings. The van der Waals surface area contributed by atoms with Crippen LogP contribution >= 0.6 is 11.8 Å². The van der Waals surface area contributed by atoms with Gasteiger partial charge in [0.2, 0.25) is 5.91 Å². The molecule has 0 saturated carbocycles. The quantitative estimate of drug-likeness (QED) is 0.214. The Balaban J connectivity index is 1.45. The van der Waals surface area contributed by atoms with Gasteiger partial charge in [-0.3, -0.25) is 9.59 Å². The van der Waals surface area contributed by atoms with Crippen molar-refractivity contribution < 1.29 is 9.59 Å². The van der Waals surface area contributed by atoms with E-state index in [0.29, 0.717) is 29.4 Å². The first-order valence-electron chi connectivity index (χ1n) is 10.6. The number of carbonyl (C=O) groups is 2. The number of Topliss-reactive ketones (excluding diaryl/α,β-unsaturated/α-hetero) is 1. The molecule has 0 unspecified atom stereocenters. The minimum Gasteiger partial charge on any atom is -0.325 e. The highest BCUT2D eigenvalue weighted by Gasteiger charge is 2.15. The molecular weight excluding hydrogens is 432 g/mol. The summed E-state index contributed by atoms with van der Waals surface area (Å²) in [5.74, 6) is 0.857. The Hall–Kier alpha value is -3.71. The number of carbonyl (C=O) groups excluding carboxylic acids is 2. The Kier molecular flexibility index (Phi) is 7.00. The summed E-state index contributed by atoms with van der Waals surface area (Å²) in [7, 11) is 0. The van der Waals surface area contributed by atoms with Crippen LogP contribution in [0.4, 0.5) is 5.69 Å². The summed E-state index contributed by atoms with van der Waals surface area (Å²) in [5.41, 5.74) is 2.43. The Bertz CT molecular complexity index is 1310. The van der Waals surface area contributed by atoms with Gasteiger partial charge in [-0.15, -0.1) is 16.8 Å². The summed E-state index contributed by atoms with van der Waals surface area (Å²) < 4.78 is 1.99. The van der Waals surface area contributed by atoms with Crippen molar-refractivity contribution in [1.82, 2.24) is 14.8 Å². The van der Waals surface area contributed by atoms with Crippen molar-refractivity contribution in [2.75, 3.05) is 11.1 Å². The Morgan fingerprint density at radius 3 is 2.55 bits per heavy atom. The zero-order valence-electron chi connectivity index (χ0n) is 18.3. The maximum atomic E-state index is 12.4. The predicted octanol–water partition coefficient (Wildman–Crippen LogP) is 5.14. The van der Waals surface area contributed by atoms with Crippen LogP contribution in [0.15, 0.2) is 84.5 Å². The molecule has 4 aromatic rings. The molecule has 3 aromatic carbocycles. The molecule has 0 aliphatic heterocycles. The first-order chi connectivity index (χ1) is 16.0. The van der Waals surface area contributed by atoms with E-state index in [4.69, 9.17) is 0 Å². The largest absolute Gasteiger partial charge is 0.325 e. The third-order valence-electron chi connectivity index (χ3n) is 5.24. The van der Waals surface area contributed by atoms with E-state index in [-0.39, 0.29) is 17.4 Å². The molecular formula is C26H24N4O2S. The lowest BCUT2D eigenvalue weighted by Gasteiger charge is -2.10. The van der Waals surface area contributed by atoms with Crippen LogP contribution in [0, 0.1) is 0 Å². The maximum absolute atomic E-state index is 12.4. The maximum Gasteiger partial charge on any atom is 0.234 e. The molecule has 0 aliphatic carbocycles. The molecule has 0 atom stereocenters. The van der Waals surface area contributed by atoms with Gasteiger partial charge in [0, 0.05) is 24.2 Å². The van der Waals surface area contributed by atoms with Crippen molar-refractivity contribution in [3.8, 4) is 0 Å². The van der Waals surface area contributed by atoms with Crippen molar-refractivity contribution in [1.29, 1.82) is 0 Å². The van der Waals surface area contributed by atoms with Crippen LogP contribution in [0.2, 0.25) is 0 Å². The van der Waals surface area contributed by atoms with Gasteiger partial charge >= 0.3 is 0 Å². The van der Waals surface area contributed by atoms with E-state index in [0.717, 1.165) is 5.82 Å². The molecule has 4 rings (SSSR count).